The van der Waals surface area contributed by atoms with Crippen LogP contribution in [-0.2, 0) is 9.59 Å². The van der Waals surface area contributed by atoms with Gasteiger partial charge in [0.2, 0.25) is 11.8 Å². The molecule has 1 aromatic heterocycles. The molecule has 0 radical (unpaired) electrons. The number of fused-ring (bicyclic) bond motifs is 3. The molecule has 2 aromatic carbocycles. The normalized spacial score (nSPS) is 18.3. The second kappa shape index (κ2) is 12.3. The molecule has 0 spiro atoms. The number of amides is 4. The average Bonchev–Trinajstić information content (AvgIpc) is 2.92. The molecule has 0 fully saturated rings. The lowest BCUT2D eigenvalue weighted by atomic mass is 10.1. The van der Waals surface area contributed by atoms with Gasteiger partial charge in [-0.25, -0.2) is 4.98 Å². The Kier molecular flexibility index (Phi) is 8.67. The number of aromatic nitrogens is 2. The molecule has 0 unspecified atom stereocenters. The van der Waals surface area contributed by atoms with E-state index >= 15 is 0 Å². The highest BCUT2D eigenvalue weighted by Crippen LogP contribution is 2.20. The zero-order valence-electron chi connectivity index (χ0n) is 21.6. The fourth-order valence-corrected chi connectivity index (χ4v) is 4.01. The third-order valence-corrected chi connectivity index (χ3v) is 6.15. The molecule has 4 amide bonds. The van der Waals surface area contributed by atoms with E-state index in [2.05, 4.69) is 25.9 Å². The van der Waals surface area contributed by atoms with Gasteiger partial charge in [0.05, 0.1) is 36.4 Å². The third-order valence-electron chi connectivity index (χ3n) is 6.15. The minimum absolute atomic E-state index is 0.0382. The minimum atomic E-state index is -1.25. The Balaban J connectivity index is 1.56. The first-order valence-corrected chi connectivity index (χ1v) is 12.5. The number of ether oxygens (including phenoxy) is 1. The number of nitrogens with one attached hydrogen (secondary N) is 3. The van der Waals surface area contributed by atoms with E-state index in [1.807, 2.05) is 13.0 Å². The van der Waals surface area contributed by atoms with Crippen LogP contribution in [0.5, 0.6) is 5.75 Å². The van der Waals surface area contributed by atoms with Gasteiger partial charge in [0.15, 0.2) is 0 Å². The van der Waals surface area contributed by atoms with Gasteiger partial charge in [-0.1, -0.05) is 18.2 Å². The van der Waals surface area contributed by atoms with Crippen LogP contribution in [0.15, 0.2) is 48.7 Å². The first-order chi connectivity index (χ1) is 18.7. The van der Waals surface area contributed by atoms with E-state index in [9.17, 15) is 24.3 Å². The van der Waals surface area contributed by atoms with Gasteiger partial charge in [-0.2, -0.15) is 0 Å². The molecule has 0 saturated carbocycles. The van der Waals surface area contributed by atoms with Crippen LogP contribution < -0.4 is 20.7 Å². The molecule has 204 valence electrons. The molecule has 4 N–H and O–H groups in total. The summed E-state index contributed by atoms with van der Waals surface area (Å²) in [6.45, 7) is 3.09. The number of rotatable bonds is 2. The number of hydrogen-bond acceptors (Lipinski definition) is 8. The van der Waals surface area contributed by atoms with Crippen LogP contribution in [0, 0.1) is 6.92 Å². The van der Waals surface area contributed by atoms with Crippen molar-refractivity contribution in [3.63, 3.8) is 0 Å². The Labute approximate surface area is 224 Å². The summed E-state index contributed by atoms with van der Waals surface area (Å²) >= 11 is 0. The monoisotopic (exact) mass is 534 g/mol. The number of hydrogen-bond donors (Lipinski definition) is 4. The van der Waals surface area contributed by atoms with Crippen LogP contribution in [0.25, 0.3) is 11.0 Å². The molecule has 2 bridgehead atoms. The van der Waals surface area contributed by atoms with Gasteiger partial charge in [0.1, 0.15) is 24.1 Å². The molecular weight excluding hydrogens is 504 g/mol. The van der Waals surface area contributed by atoms with Crippen molar-refractivity contribution < 1.29 is 29.0 Å². The fraction of sp³-hybridized carbons (Fsp3) is 0.333. The Morgan fingerprint density at radius 3 is 2.64 bits per heavy atom. The van der Waals surface area contributed by atoms with Gasteiger partial charge >= 0.3 is 0 Å². The minimum Gasteiger partial charge on any atom is -0.491 e. The summed E-state index contributed by atoms with van der Waals surface area (Å²) in [7, 11) is 0. The standard InChI is InChI=1S/C27H30N6O6/c1-16-7-8-18-13-22(16)39-12-10-28-23(35)15-33(11-9-29-26(37)24(17(2)34)32-25(18)36)27(38)21-14-30-19-5-3-4-6-20(19)31-21/h3-8,13-14,17,24,34H,9-12,15H2,1-2H3,(H,28,35)(H,29,37)(H,32,36)/t17-,24+/m1/s1. The fourth-order valence-electron chi connectivity index (χ4n) is 4.01. The number of nitrogens with zero attached hydrogens (tertiary/aromatic N) is 3. The molecular formula is C27H30N6O6. The molecule has 4 rings (SSSR count). The Bertz CT molecular complexity index is 1390. The van der Waals surface area contributed by atoms with Gasteiger partial charge in [0, 0.05) is 18.7 Å². The third kappa shape index (κ3) is 6.85. The number of benzene rings is 2. The van der Waals surface area contributed by atoms with Gasteiger partial charge in [-0.3, -0.25) is 24.2 Å². The van der Waals surface area contributed by atoms with Crippen molar-refractivity contribution in [2.75, 3.05) is 32.8 Å². The molecule has 1 aliphatic heterocycles. The van der Waals surface area contributed by atoms with Crippen LogP contribution in [-0.4, -0.2) is 88.5 Å². The highest BCUT2D eigenvalue weighted by molar-refractivity contribution is 5.98. The van der Waals surface area contributed by atoms with Crippen LogP contribution in [0.2, 0.25) is 0 Å². The Morgan fingerprint density at radius 1 is 1.10 bits per heavy atom. The summed E-state index contributed by atoms with van der Waals surface area (Å²) in [5, 5.41) is 18.1. The van der Waals surface area contributed by atoms with E-state index < -0.39 is 35.8 Å². The summed E-state index contributed by atoms with van der Waals surface area (Å²) in [5.74, 6) is -1.75. The lowest BCUT2D eigenvalue weighted by Crippen LogP contribution is -2.53. The predicted molar refractivity (Wildman–Crippen MR) is 141 cm³/mol. The average molecular weight is 535 g/mol. The second-order valence-corrected chi connectivity index (χ2v) is 9.13. The van der Waals surface area contributed by atoms with Crippen molar-refractivity contribution in [1.82, 2.24) is 30.8 Å². The first-order valence-electron chi connectivity index (χ1n) is 12.5. The number of aryl methyl sites for hydroxylation is 1. The molecule has 2 atom stereocenters. The molecule has 2 heterocycles. The van der Waals surface area contributed by atoms with Crippen molar-refractivity contribution in [3.05, 3.63) is 65.5 Å². The van der Waals surface area contributed by atoms with Crippen molar-refractivity contribution in [3.8, 4) is 5.75 Å². The highest BCUT2D eigenvalue weighted by Gasteiger charge is 2.27. The number of aliphatic hydroxyl groups excluding tert-OH is 1. The Hall–Kier alpha value is -4.58. The maximum atomic E-state index is 13.3. The van der Waals surface area contributed by atoms with Crippen molar-refractivity contribution in [2.24, 2.45) is 0 Å². The van der Waals surface area contributed by atoms with Gasteiger partial charge in [-0.15, -0.1) is 0 Å². The second-order valence-electron chi connectivity index (χ2n) is 9.13. The zero-order valence-corrected chi connectivity index (χ0v) is 21.6. The first kappa shape index (κ1) is 27.5. The molecule has 12 nitrogen and oxygen atoms in total. The zero-order chi connectivity index (χ0) is 27.9. The maximum Gasteiger partial charge on any atom is 0.274 e. The molecule has 0 saturated heterocycles. The van der Waals surface area contributed by atoms with E-state index in [1.165, 1.54) is 24.1 Å². The largest absolute Gasteiger partial charge is 0.491 e. The van der Waals surface area contributed by atoms with Crippen molar-refractivity contribution in [1.29, 1.82) is 0 Å². The maximum absolute atomic E-state index is 13.3. The predicted octanol–water partition coefficient (Wildman–Crippen LogP) is 0.185. The number of para-hydroxylation sites is 2. The molecule has 1 aliphatic rings. The van der Waals surface area contributed by atoms with E-state index in [0.29, 0.717) is 16.8 Å². The van der Waals surface area contributed by atoms with E-state index in [1.54, 1.807) is 30.3 Å². The Morgan fingerprint density at radius 2 is 1.87 bits per heavy atom. The lowest BCUT2D eigenvalue weighted by molar-refractivity contribution is -0.125. The summed E-state index contributed by atoms with van der Waals surface area (Å²) in [4.78, 5) is 61.6. The molecule has 39 heavy (non-hydrogen) atoms. The highest BCUT2D eigenvalue weighted by atomic mass is 16.5. The van der Waals surface area contributed by atoms with Crippen LogP contribution >= 0.6 is 0 Å². The quantitative estimate of drug-likeness (QED) is 0.362. The van der Waals surface area contributed by atoms with E-state index in [4.69, 9.17) is 4.74 Å². The van der Waals surface area contributed by atoms with Gasteiger partial charge < -0.3 is 30.7 Å². The van der Waals surface area contributed by atoms with Crippen LogP contribution in [0.1, 0.15) is 33.3 Å². The summed E-state index contributed by atoms with van der Waals surface area (Å²) < 4.78 is 5.76. The number of aliphatic hydroxyl groups is 1. The number of carbonyl (C=O) groups is 4. The molecule has 0 aliphatic carbocycles. The van der Waals surface area contributed by atoms with Gasteiger partial charge in [0.25, 0.3) is 11.8 Å². The summed E-state index contributed by atoms with van der Waals surface area (Å²) in [6.07, 6.45) is 0.140. The molecule has 12 heteroatoms. The van der Waals surface area contributed by atoms with Crippen molar-refractivity contribution >= 4 is 34.7 Å². The lowest BCUT2D eigenvalue weighted by Gasteiger charge is -2.24. The van der Waals surface area contributed by atoms with Crippen molar-refractivity contribution in [2.45, 2.75) is 26.0 Å². The smallest absolute Gasteiger partial charge is 0.274 e. The number of carbonyl (C=O) groups excluding carboxylic acids is 4. The van der Waals surface area contributed by atoms with Gasteiger partial charge in [-0.05, 0) is 43.7 Å². The van der Waals surface area contributed by atoms with Crippen LogP contribution in [0.4, 0.5) is 0 Å². The SMILES string of the molecule is Cc1ccc2cc1OCCNC(=O)CN(C(=O)c1cnc3ccccc3n1)CCNC(=O)[C@H]([C@@H](C)O)NC2=O. The molecule has 3 aromatic rings. The topological polar surface area (TPSA) is 163 Å². The van der Waals surface area contributed by atoms with E-state index in [0.717, 1.165) is 5.56 Å². The summed E-state index contributed by atoms with van der Waals surface area (Å²) in [6, 6.07) is 10.7. The summed E-state index contributed by atoms with van der Waals surface area (Å²) in [5.41, 5.74) is 2.21. The van der Waals surface area contributed by atoms with Crippen LogP contribution in [0.3, 0.4) is 0 Å². The van der Waals surface area contributed by atoms with E-state index in [-0.39, 0.29) is 44.0 Å².